The Kier molecular flexibility index (Phi) is 10.3. The van der Waals surface area contributed by atoms with E-state index >= 15 is 0 Å². The van der Waals surface area contributed by atoms with Crippen LogP contribution in [0, 0.1) is 23.6 Å². The van der Waals surface area contributed by atoms with E-state index in [2.05, 4.69) is 0 Å². The van der Waals surface area contributed by atoms with E-state index in [4.69, 9.17) is 14.6 Å². The van der Waals surface area contributed by atoms with Crippen molar-refractivity contribution in [3.05, 3.63) is 53.9 Å². The highest BCUT2D eigenvalue weighted by Gasteiger charge is 2.42. The van der Waals surface area contributed by atoms with Crippen molar-refractivity contribution in [2.75, 3.05) is 0 Å². The highest BCUT2D eigenvalue weighted by molar-refractivity contribution is 5.75. The van der Waals surface area contributed by atoms with Crippen molar-refractivity contribution in [2.45, 2.75) is 82.9 Å². The number of carbonyl (C=O) groups excluding carboxylic acids is 1. The van der Waals surface area contributed by atoms with Gasteiger partial charge in [-0.3, -0.25) is 4.79 Å². The third kappa shape index (κ3) is 7.87. The van der Waals surface area contributed by atoms with Gasteiger partial charge in [-0.25, -0.2) is 9.18 Å². The molecule has 0 radical (unpaired) electrons. The predicted molar refractivity (Wildman–Crippen MR) is 133 cm³/mol. The van der Waals surface area contributed by atoms with Crippen LogP contribution in [0.4, 0.5) is 4.39 Å². The number of hydrogen-bond acceptors (Lipinski definition) is 7. The number of aliphatic hydroxyl groups excluding tert-OH is 3. The topological polar surface area (TPSA) is 134 Å². The van der Waals surface area contributed by atoms with Gasteiger partial charge in [0.05, 0.1) is 24.7 Å². The quantitative estimate of drug-likeness (QED) is 0.308. The molecule has 37 heavy (non-hydrogen) atoms. The zero-order valence-corrected chi connectivity index (χ0v) is 21.2. The molecular weight excluding hydrogens is 483 g/mol. The SMILES string of the molecule is CCC(Oc1ccccc1F)C(=O)O[C@H]1C[C@H](O)C=C2C=C[C@H](C)[C@H](CC[C@@H](O)C[C@@H](O)CC(=O)O)[C@H]21. The van der Waals surface area contributed by atoms with Crippen molar-refractivity contribution >= 4 is 11.9 Å². The molecular formula is C28H37FO8. The van der Waals surface area contributed by atoms with Crippen molar-refractivity contribution in [3.63, 3.8) is 0 Å². The van der Waals surface area contributed by atoms with Crippen LogP contribution in [0.5, 0.6) is 5.75 Å². The zero-order chi connectivity index (χ0) is 27.1. The van der Waals surface area contributed by atoms with Gasteiger partial charge in [-0.05, 0) is 55.2 Å². The van der Waals surface area contributed by atoms with E-state index in [1.807, 2.05) is 19.1 Å². The molecule has 8 atom stereocenters. The van der Waals surface area contributed by atoms with E-state index in [-0.39, 0.29) is 42.8 Å². The molecule has 0 saturated heterocycles. The number of aliphatic carboxylic acids is 1. The fourth-order valence-corrected chi connectivity index (χ4v) is 5.31. The molecule has 3 rings (SSSR count). The highest BCUT2D eigenvalue weighted by atomic mass is 19.1. The minimum Gasteiger partial charge on any atom is -0.481 e. The van der Waals surface area contributed by atoms with Gasteiger partial charge in [0.25, 0.3) is 0 Å². The third-order valence-corrected chi connectivity index (χ3v) is 7.17. The summed E-state index contributed by atoms with van der Waals surface area (Å²) in [5, 5.41) is 39.5. The van der Waals surface area contributed by atoms with E-state index < -0.39 is 54.7 Å². The van der Waals surface area contributed by atoms with Gasteiger partial charge in [0.15, 0.2) is 17.7 Å². The van der Waals surface area contributed by atoms with Crippen LogP contribution in [0.1, 0.15) is 52.4 Å². The molecule has 1 aromatic carbocycles. The van der Waals surface area contributed by atoms with E-state index in [1.165, 1.54) is 18.2 Å². The number of ether oxygens (including phenoxy) is 2. The van der Waals surface area contributed by atoms with Crippen LogP contribution in [0.3, 0.4) is 0 Å². The lowest BCUT2D eigenvalue weighted by atomic mass is 9.66. The number of allylic oxidation sites excluding steroid dienone is 2. The zero-order valence-electron chi connectivity index (χ0n) is 21.2. The van der Waals surface area contributed by atoms with Crippen LogP contribution in [-0.4, -0.2) is 62.9 Å². The second-order valence-corrected chi connectivity index (χ2v) is 10.0. The minimum absolute atomic E-state index is 0.0274. The van der Waals surface area contributed by atoms with Gasteiger partial charge in [-0.2, -0.15) is 0 Å². The number of esters is 1. The summed E-state index contributed by atoms with van der Waals surface area (Å²) < 4.78 is 25.6. The fourth-order valence-electron chi connectivity index (χ4n) is 5.31. The average Bonchev–Trinajstić information content (AvgIpc) is 2.82. The molecule has 0 bridgehead atoms. The number of para-hydroxylation sites is 1. The Morgan fingerprint density at radius 3 is 2.59 bits per heavy atom. The van der Waals surface area contributed by atoms with Crippen LogP contribution >= 0.6 is 0 Å². The summed E-state index contributed by atoms with van der Waals surface area (Å²) in [6, 6.07) is 5.83. The summed E-state index contributed by atoms with van der Waals surface area (Å²) >= 11 is 0. The molecule has 204 valence electrons. The van der Waals surface area contributed by atoms with Gasteiger partial charge in [0.2, 0.25) is 0 Å². The largest absolute Gasteiger partial charge is 0.481 e. The predicted octanol–water partition coefficient (Wildman–Crippen LogP) is 3.39. The molecule has 0 heterocycles. The Labute approximate surface area is 216 Å². The second kappa shape index (κ2) is 13.2. The summed E-state index contributed by atoms with van der Waals surface area (Å²) in [5.74, 6) is -2.55. The van der Waals surface area contributed by atoms with Gasteiger partial charge in [-0.1, -0.05) is 44.2 Å². The Balaban J connectivity index is 1.71. The maximum Gasteiger partial charge on any atom is 0.347 e. The van der Waals surface area contributed by atoms with E-state index in [0.717, 1.165) is 5.57 Å². The number of carboxylic acid groups (broad SMARTS) is 1. The molecule has 1 aromatic rings. The molecule has 0 spiro atoms. The number of halogens is 1. The number of fused-ring (bicyclic) bond motifs is 1. The Hall–Kier alpha value is -2.75. The molecule has 0 saturated carbocycles. The number of benzene rings is 1. The lowest BCUT2D eigenvalue weighted by Crippen LogP contribution is -2.44. The smallest absolute Gasteiger partial charge is 0.347 e. The molecule has 4 N–H and O–H groups in total. The first-order valence-corrected chi connectivity index (χ1v) is 12.9. The maximum atomic E-state index is 14.1. The molecule has 0 fully saturated rings. The monoisotopic (exact) mass is 520 g/mol. The number of carboxylic acids is 1. The van der Waals surface area contributed by atoms with Crippen molar-refractivity contribution in [2.24, 2.45) is 17.8 Å². The molecule has 0 aliphatic heterocycles. The maximum absolute atomic E-state index is 14.1. The van der Waals surface area contributed by atoms with Gasteiger partial charge in [0, 0.05) is 12.3 Å². The molecule has 0 aromatic heterocycles. The van der Waals surface area contributed by atoms with Crippen molar-refractivity contribution in [1.29, 1.82) is 0 Å². The average molecular weight is 521 g/mol. The summed E-state index contributed by atoms with van der Waals surface area (Å²) in [7, 11) is 0. The Bertz CT molecular complexity index is 992. The first kappa shape index (κ1) is 28.8. The standard InChI is InChI=1S/C28H37FO8/c1-3-23(36-24-7-5-4-6-22(24)29)28(35)37-25-14-19(31)12-17-9-8-16(2)21(27(17)25)11-10-18(30)13-20(32)15-26(33)34/h4-9,12,16,18-21,23,25,27,30-32H,3,10-11,13-15H2,1-2H3,(H,33,34)/t16-,18+,19+,20+,21-,23?,25-,27-/m0/s1. The first-order valence-electron chi connectivity index (χ1n) is 12.9. The summed E-state index contributed by atoms with van der Waals surface area (Å²) in [6.45, 7) is 3.77. The minimum atomic E-state index is -1.13. The van der Waals surface area contributed by atoms with Gasteiger partial charge in [-0.15, -0.1) is 0 Å². The molecule has 9 heteroatoms. The second-order valence-electron chi connectivity index (χ2n) is 10.0. The number of hydrogen-bond donors (Lipinski definition) is 4. The third-order valence-electron chi connectivity index (χ3n) is 7.17. The first-order chi connectivity index (χ1) is 17.6. The van der Waals surface area contributed by atoms with Crippen molar-refractivity contribution < 1.29 is 43.9 Å². The van der Waals surface area contributed by atoms with E-state index in [1.54, 1.807) is 19.1 Å². The molecule has 8 nitrogen and oxygen atoms in total. The molecule has 1 unspecified atom stereocenters. The van der Waals surface area contributed by atoms with Gasteiger partial charge in [0.1, 0.15) is 6.10 Å². The summed E-state index contributed by atoms with van der Waals surface area (Å²) in [4.78, 5) is 23.9. The molecule has 2 aliphatic rings. The van der Waals surface area contributed by atoms with Crippen LogP contribution in [0.25, 0.3) is 0 Å². The molecule has 0 amide bonds. The lowest BCUT2D eigenvalue weighted by molar-refractivity contribution is -0.163. The van der Waals surface area contributed by atoms with Crippen molar-refractivity contribution in [1.82, 2.24) is 0 Å². The van der Waals surface area contributed by atoms with Crippen LogP contribution in [0.2, 0.25) is 0 Å². The number of aliphatic hydroxyl groups is 3. The van der Waals surface area contributed by atoms with E-state index in [0.29, 0.717) is 12.8 Å². The Morgan fingerprint density at radius 2 is 1.92 bits per heavy atom. The molecule has 2 aliphatic carbocycles. The summed E-state index contributed by atoms with van der Waals surface area (Å²) in [6.07, 6.45) is 2.09. The Morgan fingerprint density at radius 1 is 1.19 bits per heavy atom. The lowest BCUT2D eigenvalue weighted by Gasteiger charge is -2.43. The van der Waals surface area contributed by atoms with Crippen LogP contribution in [0.15, 0.2) is 48.1 Å². The normalized spacial score (nSPS) is 27.4. The highest BCUT2D eigenvalue weighted by Crippen LogP contribution is 2.44. The van der Waals surface area contributed by atoms with Crippen molar-refractivity contribution in [3.8, 4) is 5.75 Å². The van der Waals surface area contributed by atoms with Crippen LogP contribution in [-0.2, 0) is 14.3 Å². The fraction of sp³-hybridized carbons (Fsp3) is 0.571. The number of carbonyl (C=O) groups is 2. The van der Waals surface area contributed by atoms with Crippen LogP contribution < -0.4 is 4.74 Å². The number of rotatable bonds is 12. The van der Waals surface area contributed by atoms with Gasteiger partial charge >= 0.3 is 11.9 Å². The summed E-state index contributed by atoms with van der Waals surface area (Å²) in [5.41, 5.74) is 0.850. The van der Waals surface area contributed by atoms with E-state index in [9.17, 15) is 29.3 Å². The van der Waals surface area contributed by atoms with Gasteiger partial charge < -0.3 is 29.9 Å².